The molecule has 1 aliphatic rings. The summed E-state index contributed by atoms with van der Waals surface area (Å²) in [5, 5.41) is 2.87. The third-order valence-electron chi connectivity index (χ3n) is 3.65. The van der Waals surface area contributed by atoms with E-state index >= 15 is 0 Å². The van der Waals surface area contributed by atoms with Crippen molar-refractivity contribution in [2.24, 2.45) is 0 Å². The third kappa shape index (κ3) is 3.97. The molecule has 1 N–H and O–H groups in total. The van der Waals surface area contributed by atoms with Crippen molar-refractivity contribution in [2.45, 2.75) is 32.6 Å². The van der Waals surface area contributed by atoms with Gasteiger partial charge in [0.2, 0.25) is 5.91 Å². The highest BCUT2D eigenvalue weighted by Gasteiger charge is 2.23. The number of hydrogen-bond acceptors (Lipinski definition) is 2. The standard InChI is InChI=1S/C16H23N3O2/c1-3-4-6-15(20)17-13-7-9-14(10-8-13)19-12-5-11-18(2)16(19)21/h7-10H,3-6,11-12H2,1-2H3,(H,17,20). The fraction of sp³-hybridized carbons (Fsp3) is 0.500. The summed E-state index contributed by atoms with van der Waals surface area (Å²) >= 11 is 0. The van der Waals surface area contributed by atoms with Crippen molar-refractivity contribution in [3.8, 4) is 0 Å². The molecule has 5 heteroatoms. The van der Waals surface area contributed by atoms with Crippen LogP contribution >= 0.6 is 0 Å². The van der Waals surface area contributed by atoms with E-state index < -0.39 is 0 Å². The van der Waals surface area contributed by atoms with Crippen molar-refractivity contribution in [1.29, 1.82) is 0 Å². The number of carbonyl (C=O) groups excluding carboxylic acids is 2. The molecule has 1 aromatic rings. The van der Waals surface area contributed by atoms with Gasteiger partial charge in [-0.3, -0.25) is 9.69 Å². The number of anilines is 2. The molecule has 0 saturated carbocycles. The summed E-state index contributed by atoms with van der Waals surface area (Å²) in [4.78, 5) is 27.3. The first-order chi connectivity index (χ1) is 10.1. The van der Waals surface area contributed by atoms with E-state index in [1.807, 2.05) is 31.3 Å². The molecule has 0 aliphatic carbocycles. The molecular weight excluding hydrogens is 266 g/mol. The van der Waals surface area contributed by atoms with Crippen LogP contribution in [0.5, 0.6) is 0 Å². The molecule has 21 heavy (non-hydrogen) atoms. The van der Waals surface area contributed by atoms with Crippen molar-refractivity contribution >= 4 is 23.3 Å². The highest BCUT2D eigenvalue weighted by atomic mass is 16.2. The second-order valence-corrected chi connectivity index (χ2v) is 5.41. The van der Waals surface area contributed by atoms with Crippen LogP contribution in [0.15, 0.2) is 24.3 Å². The summed E-state index contributed by atoms with van der Waals surface area (Å²) in [7, 11) is 1.82. The maximum absolute atomic E-state index is 12.1. The Balaban J connectivity index is 1.98. The Kier molecular flexibility index (Phi) is 5.20. The van der Waals surface area contributed by atoms with E-state index in [0.29, 0.717) is 6.42 Å². The number of carbonyl (C=O) groups is 2. The molecule has 1 fully saturated rings. The van der Waals surface area contributed by atoms with Crippen molar-refractivity contribution in [3.63, 3.8) is 0 Å². The molecule has 1 aliphatic heterocycles. The number of amides is 3. The normalized spacial score (nSPS) is 15.2. The van der Waals surface area contributed by atoms with Gasteiger partial charge in [-0.15, -0.1) is 0 Å². The molecule has 0 unspecified atom stereocenters. The van der Waals surface area contributed by atoms with E-state index in [1.165, 1.54) is 0 Å². The molecule has 0 radical (unpaired) electrons. The molecule has 1 aromatic carbocycles. The largest absolute Gasteiger partial charge is 0.327 e. The van der Waals surface area contributed by atoms with Crippen LogP contribution in [0.3, 0.4) is 0 Å². The molecule has 0 atom stereocenters. The maximum Gasteiger partial charge on any atom is 0.324 e. The van der Waals surface area contributed by atoms with Gasteiger partial charge >= 0.3 is 6.03 Å². The lowest BCUT2D eigenvalue weighted by atomic mass is 10.2. The van der Waals surface area contributed by atoms with E-state index in [-0.39, 0.29) is 11.9 Å². The smallest absolute Gasteiger partial charge is 0.324 e. The molecule has 0 aromatic heterocycles. The summed E-state index contributed by atoms with van der Waals surface area (Å²) < 4.78 is 0. The summed E-state index contributed by atoms with van der Waals surface area (Å²) in [6.07, 6.45) is 3.43. The van der Waals surface area contributed by atoms with E-state index in [0.717, 1.165) is 43.7 Å². The molecule has 0 spiro atoms. The van der Waals surface area contributed by atoms with Gasteiger partial charge in [0, 0.05) is 37.9 Å². The van der Waals surface area contributed by atoms with Gasteiger partial charge < -0.3 is 10.2 Å². The molecule has 114 valence electrons. The Hall–Kier alpha value is -2.04. The van der Waals surface area contributed by atoms with Gasteiger partial charge in [-0.05, 0) is 37.1 Å². The van der Waals surface area contributed by atoms with Gasteiger partial charge in [0.1, 0.15) is 0 Å². The highest BCUT2D eigenvalue weighted by molar-refractivity contribution is 5.94. The van der Waals surface area contributed by atoms with Crippen molar-refractivity contribution < 1.29 is 9.59 Å². The predicted molar refractivity (Wildman–Crippen MR) is 84.6 cm³/mol. The number of unbranched alkanes of at least 4 members (excludes halogenated alkanes) is 1. The molecule has 5 nitrogen and oxygen atoms in total. The number of nitrogens with one attached hydrogen (secondary N) is 1. The van der Waals surface area contributed by atoms with E-state index in [9.17, 15) is 9.59 Å². The first-order valence-corrected chi connectivity index (χ1v) is 7.54. The fourth-order valence-corrected chi connectivity index (χ4v) is 2.39. The molecule has 0 bridgehead atoms. The SMILES string of the molecule is CCCCC(=O)Nc1ccc(N2CCCN(C)C2=O)cc1. The van der Waals surface area contributed by atoms with Crippen LogP contribution in [-0.2, 0) is 4.79 Å². The Morgan fingerprint density at radius 3 is 2.62 bits per heavy atom. The zero-order valence-corrected chi connectivity index (χ0v) is 12.8. The Labute approximate surface area is 125 Å². The molecule has 3 amide bonds. The minimum absolute atomic E-state index is 0.0287. The van der Waals surface area contributed by atoms with Crippen molar-refractivity contribution in [1.82, 2.24) is 4.90 Å². The summed E-state index contributed by atoms with van der Waals surface area (Å²) in [5.41, 5.74) is 1.65. The van der Waals surface area contributed by atoms with Gasteiger partial charge in [-0.2, -0.15) is 0 Å². The zero-order chi connectivity index (χ0) is 15.2. The second-order valence-electron chi connectivity index (χ2n) is 5.41. The topological polar surface area (TPSA) is 52.7 Å². The number of nitrogens with zero attached hydrogens (tertiary/aromatic N) is 2. The summed E-state index contributed by atoms with van der Waals surface area (Å²) in [5.74, 6) is 0.0402. The minimum atomic E-state index is 0.0287. The quantitative estimate of drug-likeness (QED) is 0.905. The monoisotopic (exact) mass is 289 g/mol. The van der Waals surface area contributed by atoms with E-state index in [1.54, 1.807) is 9.80 Å². The van der Waals surface area contributed by atoms with Gasteiger partial charge in [0.05, 0.1) is 0 Å². The summed E-state index contributed by atoms with van der Waals surface area (Å²) in [6, 6.07) is 7.49. The van der Waals surface area contributed by atoms with Gasteiger partial charge in [-0.1, -0.05) is 13.3 Å². The third-order valence-corrected chi connectivity index (χ3v) is 3.65. The molecule has 1 saturated heterocycles. The number of urea groups is 1. The lowest BCUT2D eigenvalue weighted by Gasteiger charge is -2.33. The average molecular weight is 289 g/mol. The first kappa shape index (κ1) is 15.4. The van der Waals surface area contributed by atoms with Crippen LogP contribution in [0.4, 0.5) is 16.2 Å². The van der Waals surface area contributed by atoms with Gasteiger partial charge in [-0.25, -0.2) is 4.79 Å². The summed E-state index contributed by atoms with van der Waals surface area (Å²) in [6.45, 7) is 3.61. The predicted octanol–water partition coefficient (Wildman–Crippen LogP) is 3.08. The van der Waals surface area contributed by atoms with Crippen LogP contribution < -0.4 is 10.2 Å². The van der Waals surface area contributed by atoms with Gasteiger partial charge in [0.15, 0.2) is 0 Å². The fourth-order valence-electron chi connectivity index (χ4n) is 2.39. The zero-order valence-electron chi connectivity index (χ0n) is 12.8. The van der Waals surface area contributed by atoms with Gasteiger partial charge in [0.25, 0.3) is 0 Å². The van der Waals surface area contributed by atoms with Crippen molar-refractivity contribution in [3.05, 3.63) is 24.3 Å². The van der Waals surface area contributed by atoms with Crippen molar-refractivity contribution in [2.75, 3.05) is 30.4 Å². The number of benzene rings is 1. The minimum Gasteiger partial charge on any atom is -0.327 e. The molecule has 1 heterocycles. The second kappa shape index (κ2) is 7.11. The first-order valence-electron chi connectivity index (χ1n) is 7.54. The number of rotatable bonds is 5. The Morgan fingerprint density at radius 1 is 1.24 bits per heavy atom. The van der Waals surface area contributed by atoms with Crippen LogP contribution in [0.1, 0.15) is 32.6 Å². The van der Waals surface area contributed by atoms with Crippen LogP contribution in [0, 0.1) is 0 Å². The highest BCUT2D eigenvalue weighted by Crippen LogP contribution is 2.21. The van der Waals surface area contributed by atoms with E-state index in [2.05, 4.69) is 12.2 Å². The van der Waals surface area contributed by atoms with Crippen LogP contribution in [-0.4, -0.2) is 37.0 Å². The Bertz CT molecular complexity index is 499. The molecular formula is C16H23N3O2. The Morgan fingerprint density at radius 2 is 1.95 bits per heavy atom. The number of hydrogen-bond donors (Lipinski definition) is 1. The average Bonchev–Trinajstić information content (AvgIpc) is 2.49. The maximum atomic E-state index is 12.1. The molecule has 2 rings (SSSR count). The lowest BCUT2D eigenvalue weighted by Crippen LogP contribution is -2.47. The lowest BCUT2D eigenvalue weighted by molar-refractivity contribution is -0.116. The van der Waals surface area contributed by atoms with E-state index in [4.69, 9.17) is 0 Å². The van der Waals surface area contributed by atoms with Crippen LogP contribution in [0.2, 0.25) is 0 Å². The van der Waals surface area contributed by atoms with Crippen LogP contribution in [0.25, 0.3) is 0 Å².